The van der Waals surface area contributed by atoms with Gasteiger partial charge in [0.25, 0.3) is 0 Å². The van der Waals surface area contributed by atoms with Gasteiger partial charge >= 0.3 is 0 Å². The number of carbonyl (C=O) groups is 1. The topological polar surface area (TPSA) is 78.6 Å². The van der Waals surface area contributed by atoms with Crippen LogP contribution in [0.5, 0.6) is 0 Å². The average Bonchev–Trinajstić information content (AvgIpc) is 2.42. The molecule has 0 radical (unpaired) electrons. The SMILES string of the molecule is Nc1ccc(NC(=O)CCN(CCCO)C2CCC2)cc1. The van der Waals surface area contributed by atoms with Crippen LogP contribution in [0.2, 0.25) is 0 Å². The highest BCUT2D eigenvalue weighted by Crippen LogP contribution is 2.25. The molecule has 1 aromatic carbocycles. The third kappa shape index (κ3) is 5.02. The maximum absolute atomic E-state index is 12.0. The highest BCUT2D eigenvalue weighted by Gasteiger charge is 2.24. The first-order chi connectivity index (χ1) is 10.2. The van der Waals surface area contributed by atoms with Crippen molar-refractivity contribution in [2.75, 3.05) is 30.7 Å². The average molecular weight is 291 g/mol. The highest BCUT2D eigenvalue weighted by molar-refractivity contribution is 5.90. The fourth-order valence-electron chi connectivity index (χ4n) is 2.54. The second kappa shape index (κ2) is 8.00. The summed E-state index contributed by atoms with van der Waals surface area (Å²) < 4.78 is 0. The summed E-state index contributed by atoms with van der Waals surface area (Å²) in [4.78, 5) is 14.3. The fourth-order valence-corrected chi connectivity index (χ4v) is 2.54. The van der Waals surface area contributed by atoms with Crippen LogP contribution in [0.1, 0.15) is 32.1 Å². The molecule has 21 heavy (non-hydrogen) atoms. The lowest BCUT2D eigenvalue weighted by Crippen LogP contribution is -2.42. The zero-order chi connectivity index (χ0) is 15.1. The van der Waals surface area contributed by atoms with E-state index in [1.807, 2.05) is 12.1 Å². The third-order valence-electron chi connectivity index (χ3n) is 4.02. The van der Waals surface area contributed by atoms with E-state index < -0.39 is 0 Å². The molecule has 1 saturated carbocycles. The van der Waals surface area contributed by atoms with Gasteiger partial charge in [0.05, 0.1) is 0 Å². The van der Waals surface area contributed by atoms with Crippen LogP contribution in [0.25, 0.3) is 0 Å². The first kappa shape index (κ1) is 15.8. The Kier molecular flexibility index (Phi) is 6.02. The molecule has 1 amide bonds. The summed E-state index contributed by atoms with van der Waals surface area (Å²) in [5.41, 5.74) is 7.08. The molecule has 2 rings (SSSR count). The van der Waals surface area contributed by atoms with E-state index in [1.54, 1.807) is 12.1 Å². The van der Waals surface area contributed by atoms with Gasteiger partial charge in [0.1, 0.15) is 0 Å². The number of hydrogen-bond donors (Lipinski definition) is 3. The van der Waals surface area contributed by atoms with Gasteiger partial charge in [0.15, 0.2) is 0 Å². The maximum atomic E-state index is 12.0. The van der Waals surface area contributed by atoms with Gasteiger partial charge in [-0.3, -0.25) is 9.69 Å². The Hall–Kier alpha value is -1.59. The van der Waals surface area contributed by atoms with Gasteiger partial charge in [0.2, 0.25) is 5.91 Å². The number of nitrogens with two attached hydrogens (primary N) is 1. The number of carbonyl (C=O) groups excluding carboxylic acids is 1. The van der Waals surface area contributed by atoms with E-state index in [9.17, 15) is 4.79 Å². The van der Waals surface area contributed by atoms with Gasteiger partial charge in [-0.1, -0.05) is 6.42 Å². The van der Waals surface area contributed by atoms with Crippen molar-refractivity contribution in [3.05, 3.63) is 24.3 Å². The first-order valence-electron chi connectivity index (χ1n) is 7.69. The standard InChI is InChI=1S/C16H25N3O2/c17-13-5-7-14(8-6-13)18-16(21)9-11-19(10-2-12-20)15-3-1-4-15/h5-8,15,20H,1-4,9-12,17H2,(H,18,21). The molecule has 1 fully saturated rings. The molecule has 0 atom stereocenters. The summed E-state index contributed by atoms with van der Waals surface area (Å²) in [5.74, 6) is 0.0214. The molecule has 1 aliphatic rings. The van der Waals surface area contributed by atoms with Crippen LogP contribution in [0, 0.1) is 0 Å². The Bertz CT molecular complexity index is 443. The largest absolute Gasteiger partial charge is 0.399 e. The molecule has 0 heterocycles. The summed E-state index contributed by atoms with van der Waals surface area (Å²) in [5, 5.41) is 11.9. The lowest BCUT2D eigenvalue weighted by molar-refractivity contribution is -0.116. The molecule has 0 spiro atoms. The summed E-state index contributed by atoms with van der Waals surface area (Å²) >= 11 is 0. The summed E-state index contributed by atoms with van der Waals surface area (Å²) in [7, 11) is 0. The van der Waals surface area contributed by atoms with E-state index in [0.29, 0.717) is 18.2 Å². The lowest BCUT2D eigenvalue weighted by atomic mass is 9.91. The molecule has 116 valence electrons. The molecule has 0 bridgehead atoms. The molecular formula is C16H25N3O2. The number of aliphatic hydroxyl groups excluding tert-OH is 1. The van der Waals surface area contributed by atoms with Gasteiger partial charge in [-0.15, -0.1) is 0 Å². The molecule has 5 nitrogen and oxygen atoms in total. The van der Waals surface area contributed by atoms with Crippen molar-refractivity contribution in [1.82, 2.24) is 4.90 Å². The van der Waals surface area contributed by atoms with Gasteiger partial charge in [-0.2, -0.15) is 0 Å². The maximum Gasteiger partial charge on any atom is 0.225 e. The van der Waals surface area contributed by atoms with Gasteiger partial charge < -0.3 is 16.2 Å². The number of amides is 1. The number of rotatable bonds is 8. The lowest BCUT2D eigenvalue weighted by Gasteiger charge is -2.37. The second-order valence-electron chi connectivity index (χ2n) is 5.62. The molecule has 0 aliphatic heterocycles. The number of hydrogen-bond acceptors (Lipinski definition) is 4. The molecule has 4 N–H and O–H groups in total. The van der Waals surface area contributed by atoms with Crippen LogP contribution >= 0.6 is 0 Å². The van der Waals surface area contributed by atoms with Gasteiger partial charge in [-0.25, -0.2) is 0 Å². The Morgan fingerprint density at radius 2 is 2.00 bits per heavy atom. The van der Waals surface area contributed by atoms with Crippen LogP contribution < -0.4 is 11.1 Å². The molecule has 0 unspecified atom stereocenters. The number of benzene rings is 1. The quantitative estimate of drug-likeness (QED) is 0.639. The predicted octanol–water partition coefficient (Wildman–Crippen LogP) is 1.83. The van der Waals surface area contributed by atoms with Crippen molar-refractivity contribution in [3.63, 3.8) is 0 Å². The van der Waals surface area contributed by atoms with E-state index in [4.69, 9.17) is 10.8 Å². The minimum atomic E-state index is 0.0214. The minimum Gasteiger partial charge on any atom is -0.399 e. The van der Waals surface area contributed by atoms with E-state index >= 15 is 0 Å². The van der Waals surface area contributed by atoms with Crippen molar-refractivity contribution in [1.29, 1.82) is 0 Å². The Labute approximate surface area is 126 Å². The fraction of sp³-hybridized carbons (Fsp3) is 0.562. The Morgan fingerprint density at radius 1 is 1.29 bits per heavy atom. The van der Waals surface area contributed by atoms with Gasteiger partial charge in [0, 0.05) is 43.5 Å². The Balaban J connectivity index is 1.76. The smallest absolute Gasteiger partial charge is 0.225 e. The second-order valence-corrected chi connectivity index (χ2v) is 5.62. The monoisotopic (exact) mass is 291 g/mol. The number of anilines is 2. The molecule has 5 heteroatoms. The summed E-state index contributed by atoms with van der Waals surface area (Å²) in [6, 6.07) is 7.77. The first-order valence-corrected chi connectivity index (χ1v) is 7.69. The number of nitrogen functional groups attached to an aromatic ring is 1. The van der Waals surface area contributed by atoms with Crippen molar-refractivity contribution in [3.8, 4) is 0 Å². The minimum absolute atomic E-state index is 0.0214. The van der Waals surface area contributed by atoms with E-state index in [0.717, 1.165) is 25.2 Å². The van der Waals surface area contributed by atoms with Crippen molar-refractivity contribution in [2.45, 2.75) is 38.1 Å². The molecular weight excluding hydrogens is 266 g/mol. The number of nitrogens with zero attached hydrogens (tertiary/aromatic N) is 1. The summed E-state index contributed by atoms with van der Waals surface area (Å²) in [6.45, 7) is 1.84. The highest BCUT2D eigenvalue weighted by atomic mass is 16.3. The predicted molar refractivity (Wildman–Crippen MR) is 85.0 cm³/mol. The van der Waals surface area contributed by atoms with Crippen molar-refractivity contribution >= 4 is 17.3 Å². The van der Waals surface area contributed by atoms with E-state index in [1.165, 1.54) is 19.3 Å². The van der Waals surface area contributed by atoms with Crippen LogP contribution in [-0.4, -0.2) is 41.7 Å². The van der Waals surface area contributed by atoms with Crippen LogP contribution in [-0.2, 0) is 4.79 Å². The Morgan fingerprint density at radius 3 is 2.57 bits per heavy atom. The van der Waals surface area contributed by atoms with Crippen LogP contribution in [0.4, 0.5) is 11.4 Å². The molecule has 0 saturated heterocycles. The van der Waals surface area contributed by atoms with Crippen molar-refractivity contribution < 1.29 is 9.90 Å². The number of aliphatic hydroxyl groups is 1. The van der Waals surface area contributed by atoms with Crippen LogP contribution in [0.3, 0.4) is 0 Å². The van der Waals surface area contributed by atoms with E-state index in [-0.39, 0.29) is 12.5 Å². The molecule has 1 aromatic rings. The normalized spacial score (nSPS) is 15.0. The third-order valence-corrected chi connectivity index (χ3v) is 4.02. The summed E-state index contributed by atoms with van der Waals surface area (Å²) in [6.07, 6.45) is 4.95. The zero-order valence-electron chi connectivity index (χ0n) is 12.4. The van der Waals surface area contributed by atoms with Crippen LogP contribution in [0.15, 0.2) is 24.3 Å². The zero-order valence-corrected chi connectivity index (χ0v) is 12.4. The number of nitrogens with one attached hydrogen (secondary N) is 1. The van der Waals surface area contributed by atoms with Crippen molar-refractivity contribution in [2.24, 2.45) is 0 Å². The molecule has 0 aromatic heterocycles. The van der Waals surface area contributed by atoms with E-state index in [2.05, 4.69) is 10.2 Å². The molecule has 1 aliphatic carbocycles. The van der Waals surface area contributed by atoms with Gasteiger partial charge in [-0.05, 0) is 43.5 Å².